The molecule has 0 aliphatic rings. The Morgan fingerprint density at radius 1 is 0.909 bits per heavy atom. The molecule has 1 aromatic carbocycles. The molecule has 0 spiro atoms. The molecule has 4 heteroatoms. The lowest BCUT2D eigenvalue weighted by atomic mass is 9.74. The second kappa shape index (κ2) is 6.71. The van der Waals surface area contributed by atoms with Gasteiger partial charge in [-0.3, -0.25) is 4.55 Å². The van der Waals surface area contributed by atoms with E-state index in [-0.39, 0.29) is 15.7 Å². The van der Waals surface area contributed by atoms with Crippen molar-refractivity contribution in [3.8, 4) is 0 Å². The molecule has 22 heavy (non-hydrogen) atoms. The highest BCUT2D eigenvalue weighted by molar-refractivity contribution is 7.85. The van der Waals surface area contributed by atoms with Crippen molar-refractivity contribution in [1.82, 2.24) is 0 Å². The molecule has 0 saturated carbocycles. The molecule has 0 saturated heterocycles. The lowest BCUT2D eigenvalue weighted by Gasteiger charge is -2.32. The molecular weight excluding hydrogens is 296 g/mol. The maximum Gasteiger partial charge on any atom is 0.294 e. The molecule has 0 unspecified atom stereocenters. The van der Waals surface area contributed by atoms with Gasteiger partial charge in [0.05, 0.1) is 4.90 Å². The Balaban J connectivity index is 3.65. The maximum atomic E-state index is 11.9. The third-order valence-corrected chi connectivity index (χ3v) is 6.62. The van der Waals surface area contributed by atoms with E-state index in [9.17, 15) is 13.0 Å². The van der Waals surface area contributed by atoms with Gasteiger partial charge in [-0.15, -0.1) is 0 Å². The second-order valence-corrected chi connectivity index (χ2v) is 8.11. The summed E-state index contributed by atoms with van der Waals surface area (Å²) in [5, 5.41) is 0. The Bertz CT molecular complexity index is 609. The minimum absolute atomic E-state index is 0.0734. The Morgan fingerprint density at radius 3 is 1.73 bits per heavy atom. The average molecular weight is 327 g/mol. The van der Waals surface area contributed by atoms with Crippen LogP contribution in [-0.4, -0.2) is 13.0 Å². The molecule has 0 aliphatic carbocycles. The van der Waals surface area contributed by atoms with Crippen molar-refractivity contribution in [1.29, 1.82) is 0 Å². The van der Waals surface area contributed by atoms with Gasteiger partial charge >= 0.3 is 0 Å². The van der Waals surface area contributed by atoms with E-state index < -0.39 is 10.1 Å². The van der Waals surface area contributed by atoms with E-state index in [1.807, 2.05) is 26.0 Å². The summed E-state index contributed by atoms with van der Waals surface area (Å²) in [5.74, 6) is 0. The van der Waals surface area contributed by atoms with Crippen LogP contribution in [0.2, 0.25) is 0 Å². The number of hydrogen-bond donors (Lipinski definition) is 1. The van der Waals surface area contributed by atoms with Crippen molar-refractivity contribution in [2.75, 3.05) is 0 Å². The topological polar surface area (TPSA) is 54.4 Å². The van der Waals surface area contributed by atoms with Crippen molar-refractivity contribution in [3.05, 3.63) is 29.3 Å². The van der Waals surface area contributed by atoms with Crippen molar-refractivity contribution >= 4 is 10.1 Å². The third-order valence-electron chi connectivity index (χ3n) is 5.73. The molecule has 0 atom stereocenters. The molecular formula is C18H30O3S. The minimum atomic E-state index is -4.24. The molecule has 0 aromatic heterocycles. The summed E-state index contributed by atoms with van der Waals surface area (Å²) in [4.78, 5) is 0.0734. The Kier molecular flexibility index (Phi) is 5.85. The molecule has 0 fully saturated rings. The molecule has 0 bridgehead atoms. The summed E-state index contributed by atoms with van der Waals surface area (Å²) < 4.78 is 33.6. The van der Waals surface area contributed by atoms with Gasteiger partial charge in [-0.1, -0.05) is 53.7 Å². The van der Waals surface area contributed by atoms with Gasteiger partial charge in [0.25, 0.3) is 10.1 Å². The van der Waals surface area contributed by atoms with Crippen LogP contribution >= 0.6 is 0 Å². The highest BCUT2D eigenvalue weighted by atomic mass is 32.2. The molecule has 1 aromatic rings. The second-order valence-electron chi connectivity index (χ2n) is 6.72. The predicted octanol–water partition coefficient (Wildman–Crippen LogP) is 5.09. The fraction of sp³-hybridized carbons (Fsp3) is 0.667. The summed E-state index contributed by atoms with van der Waals surface area (Å²) in [6, 6.07) is 5.61. The van der Waals surface area contributed by atoms with Crippen LogP contribution in [0, 0.1) is 0 Å². The van der Waals surface area contributed by atoms with Crippen LogP contribution in [0.25, 0.3) is 0 Å². The van der Waals surface area contributed by atoms with E-state index in [2.05, 4.69) is 27.7 Å². The number of benzene rings is 1. The first-order valence-corrected chi connectivity index (χ1v) is 9.64. The van der Waals surface area contributed by atoms with Gasteiger partial charge in [-0.05, 0) is 53.7 Å². The van der Waals surface area contributed by atoms with Crippen LogP contribution in [0.5, 0.6) is 0 Å². The first-order chi connectivity index (χ1) is 10.1. The van der Waals surface area contributed by atoms with Gasteiger partial charge in [-0.25, -0.2) is 0 Å². The highest BCUT2D eigenvalue weighted by Gasteiger charge is 2.32. The van der Waals surface area contributed by atoms with Crippen LogP contribution in [-0.2, 0) is 20.9 Å². The Hall–Kier alpha value is -0.870. The standard InChI is InChI=1S/C18H30O3S/c1-7-17(5,8-2)14-11-12-15(18(6,9-3)10-4)16(13-14)22(19,20)21/h11-13H,7-10H2,1-6H3,(H,19,20,21). The zero-order valence-electron chi connectivity index (χ0n) is 14.7. The fourth-order valence-corrected chi connectivity index (χ4v) is 3.77. The smallest absolute Gasteiger partial charge is 0.282 e. The van der Waals surface area contributed by atoms with Gasteiger partial charge in [0.1, 0.15) is 0 Å². The fourth-order valence-electron chi connectivity index (χ4n) is 2.90. The van der Waals surface area contributed by atoms with E-state index in [1.54, 1.807) is 6.07 Å². The number of rotatable bonds is 7. The molecule has 3 nitrogen and oxygen atoms in total. The van der Waals surface area contributed by atoms with Crippen LogP contribution < -0.4 is 0 Å². The van der Waals surface area contributed by atoms with Gasteiger partial charge < -0.3 is 0 Å². The predicted molar refractivity (Wildman–Crippen MR) is 92.1 cm³/mol. The van der Waals surface area contributed by atoms with E-state index in [1.165, 1.54) is 0 Å². The molecule has 0 radical (unpaired) electrons. The van der Waals surface area contributed by atoms with Gasteiger partial charge in [-0.2, -0.15) is 8.42 Å². The maximum absolute atomic E-state index is 11.9. The summed E-state index contributed by atoms with van der Waals surface area (Å²) >= 11 is 0. The molecule has 1 rings (SSSR count). The zero-order valence-corrected chi connectivity index (χ0v) is 15.5. The van der Waals surface area contributed by atoms with Crippen LogP contribution in [0.15, 0.2) is 23.1 Å². The van der Waals surface area contributed by atoms with Crippen LogP contribution in [0.3, 0.4) is 0 Å². The number of hydrogen-bond acceptors (Lipinski definition) is 2. The molecule has 126 valence electrons. The van der Waals surface area contributed by atoms with E-state index in [0.717, 1.165) is 36.8 Å². The normalized spacial score (nSPS) is 13.4. The largest absolute Gasteiger partial charge is 0.294 e. The zero-order chi connectivity index (χ0) is 17.2. The van der Waals surface area contributed by atoms with Crippen molar-refractivity contribution in [3.63, 3.8) is 0 Å². The molecule has 1 N–H and O–H groups in total. The summed E-state index contributed by atoms with van der Waals surface area (Å²) in [6.45, 7) is 12.5. The third kappa shape index (κ3) is 3.54. The first kappa shape index (κ1) is 19.2. The lowest BCUT2D eigenvalue weighted by Crippen LogP contribution is -2.25. The van der Waals surface area contributed by atoms with E-state index >= 15 is 0 Å². The molecule has 0 amide bonds. The Morgan fingerprint density at radius 2 is 1.36 bits per heavy atom. The van der Waals surface area contributed by atoms with Gasteiger partial charge in [0, 0.05) is 0 Å². The van der Waals surface area contributed by atoms with E-state index in [4.69, 9.17) is 0 Å². The Labute approximate surface area is 135 Å². The van der Waals surface area contributed by atoms with Crippen molar-refractivity contribution in [2.45, 2.75) is 83.0 Å². The van der Waals surface area contributed by atoms with Crippen molar-refractivity contribution < 1.29 is 13.0 Å². The molecule has 0 heterocycles. The van der Waals surface area contributed by atoms with Crippen LogP contribution in [0.1, 0.15) is 78.4 Å². The highest BCUT2D eigenvalue weighted by Crippen LogP contribution is 2.39. The summed E-state index contributed by atoms with van der Waals surface area (Å²) in [6.07, 6.45) is 3.49. The van der Waals surface area contributed by atoms with Gasteiger partial charge in [0.2, 0.25) is 0 Å². The molecule has 0 aliphatic heterocycles. The SMILES string of the molecule is CCC(C)(CC)c1ccc(C(C)(CC)CC)c(S(=O)(=O)O)c1. The monoisotopic (exact) mass is 326 g/mol. The van der Waals surface area contributed by atoms with E-state index in [0.29, 0.717) is 0 Å². The quantitative estimate of drug-likeness (QED) is 0.710. The summed E-state index contributed by atoms with van der Waals surface area (Å²) in [5.41, 5.74) is 1.37. The van der Waals surface area contributed by atoms with Crippen LogP contribution in [0.4, 0.5) is 0 Å². The average Bonchev–Trinajstić information content (AvgIpc) is 2.51. The first-order valence-electron chi connectivity index (χ1n) is 8.20. The summed E-state index contributed by atoms with van der Waals surface area (Å²) in [7, 11) is -4.24. The lowest BCUT2D eigenvalue weighted by molar-refractivity contribution is 0.416. The van der Waals surface area contributed by atoms with Gasteiger partial charge in [0.15, 0.2) is 0 Å². The van der Waals surface area contributed by atoms with Crippen molar-refractivity contribution in [2.24, 2.45) is 0 Å². The minimum Gasteiger partial charge on any atom is -0.282 e.